The molecule has 138 valence electrons. The average molecular weight is 360 g/mol. The molecule has 0 aliphatic carbocycles. The molecule has 5 rings (SSSR count). The summed E-state index contributed by atoms with van der Waals surface area (Å²) in [4.78, 5) is 20.0. The molecule has 3 heterocycles. The summed E-state index contributed by atoms with van der Waals surface area (Å²) in [7, 11) is 0. The maximum atomic E-state index is 13.2. The average Bonchev–Trinajstić information content (AvgIpc) is 3.16. The van der Waals surface area contributed by atoms with E-state index in [0.29, 0.717) is 12.1 Å². The number of carbonyl (C=O) groups is 1. The summed E-state index contributed by atoms with van der Waals surface area (Å²) >= 11 is 0. The van der Waals surface area contributed by atoms with Crippen molar-refractivity contribution >= 4 is 16.9 Å². The van der Waals surface area contributed by atoms with Crippen molar-refractivity contribution < 1.29 is 9.21 Å². The predicted molar refractivity (Wildman–Crippen MR) is 104 cm³/mol. The standard InChI is InChI=1S/C23H24N2O2/c26-23(17-9-10-22-21(13-17)24-15-27-22)18-11-19-7-4-8-20(12-18)25(19)14-16-5-2-1-3-6-16/h1-3,5-6,9-10,13,15,18-20H,4,7-8,11-12,14H2. The van der Waals surface area contributed by atoms with E-state index in [1.54, 1.807) is 0 Å². The van der Waals surface area contributed by atoms with Crippen LogP contribution in [0.5, 0.6) is 0 Å². The van der Waals surface area contributed by atoms with E-state index in [-0.39, 0.29) is 11.7 Å². The second-order valence-electron chi connectivity index (χ2n) is 7.96. The molecule has 2 fully saturated rings. The summed E-state index contributed by atoms with van der Waals surface area (Å²) in [5.74, 6) is 0.396. The number of fused-ring (bicyclic) bond motifs is 3. The maximum Gasteiger partial charge on any atom is 0.181 e. The Morgan fingerprint density at radius 1 is 1.07 bits per heavy atom. The molecule has 2 bridgehead atoms. The first kappa shape index (κ1) is 16.7. The van der Waals surface area contributed by atoms with Crippen molar-refractivity contribution in [1.29, 1.82) is 0 Å². The maximum absolute atomic E-state index is 13.2. The van der Waals surface area contributed by atoms with Gasteiger partial charge in [-0.3, -0.25) is 9.69 Å². The SMILES string of the molecule is O=C(c1ccc2ocnc2c1)C1CC2CCCC(C1)N2Cc1ccccc1. The summed E-state index contributed by atoms with van der Waals surface area (Å²) in [5.41, 5.74) is 3.65. The van der Waals surface area contributed by atoms with E-state index in [1.807, 2.05) is 18.2 Å². The van der Waals surface area contributed by atoms with Gasteiger partial charge in [0, 0.05) is 30.1 Å². The van der Waals surface area contributed by atoms with Crippen LogP contribution in [0.25, 0.3) is 11.1 Å². The van der Waals surface area contributed by atoms with Gasteiger partial charge < -0.3 is 4.42 Å². The molecule has 2 aliphatic heterocycles. The molecule has 3 aromatic rings. The first-order valence-corrected chi connectivity index (χ1v) is 9.95. The van der Waals surface area contributed by atoms with Gasteiger partial charge >= 0.3 is 0 Å². The van der Waals surface area contributed by atoms with Gasteiger partial charge in [-0.15, -0.1) is 0 Å². The molecule has 0 radical (unpaired) electrons. The Balaban J connectivity index is 1.35. The summed E-state index contributed by atoms with van der Waals surface area (Å²) in [6, 6.07) is 17.4. The zero-order valence-corrected chi connectivity index (χ0v) is 15.4. The Hall–Kier alpha value is -2.46. The third-order valence-corrected chi connectivity index (χ3v) is 6.32. The number of oxazole rings is 1. The van der Waals surface area contributed by atoms with Gasteiger partial charge in [0.25, 0.3) is 0 Å². The second-order valence-corrected chi connectivity index (χ2v) is 7.96. The molecule has 27 heavy (non-hydrogen) atoms. The Morgan fingerprint density at radius 2 is 1.85 bits per heavy atom. The number of hydrogen-bond donors (Lipinski definition) is 0. The molecule has 2 saturated heterocycles. The molecular formula is C23H24N2O2. The lowest BCUT2D eigenvalue weighted by atomic mass is 9.75. The number of ketones is 1. The molecule has 0 saturated carbocycles. The fourth-order valence-electron chi connectivity index (χ4n) is 4.99. The number of Topliss-reactive ketones (excluding diaryl/α,β-unsaturated/α-hetero) is 1. The molecule has 2 aromatic carbocycles. The van der Waals surface area contributed by atoms with E-state index in [1.165, 1.54) is 31.2 Å². The molecule has 0 spiro atoms. The molecule has 4 heteroatoms. The van der Waals surface area contributed by atoms with Gasteiger partial charge in [0.2, 0.25) is 0 Å². The van der Waals surface area contributed by atoms with Gasteiger partial charge in [0.1, 0.15) is 5.52 Å². The minimum absolute atomic E-state index is 0.122. The van der Waals surface area contributed by atoms with E-state index < -0.39 is 0 Å². The van der Waals surface area contributed by atoms with Crippen LogP contribution >= 0.6 is 0 Å². The Bertz CT molecular complexity index is 935. The fraction of sp³-hybridized carbons (Fsp3) is 0.391. The summed E-state index contributed by atoms with van der Waals surface area (Å²) in [6.07, 6.45) is 7.07. The van der Waals surface area contributed by atoms with Gasteiger partial charge in [-0.1, -0.05) is 36.8 Å². The smallest absolute Gasteiger partial charge is 0.181 e. The van der Waals surface area contributed by atoms with E-state index in [2.05, 4.69) is 40.2 Å². The van der Waals surface area contributed by atoms with Crippen molar-refractivity contribution in [2.24, 2.45) is 5.92 Å². The number of benzene rings is 2. The van der Waals surface area contributed by atoms with Gasteiger partial charge in [-0.05, 0) is 49.4 Å². The molecule has 0 amide bonds. The lowest BCUT2D eigenvalue weighted by Gasteiger charge is -2.48. The number of aromatic nitrogens is 1. The molecule has 2 atom stereocenters. The van der Waals surface area contributed by atoms with Crippen LogP contribution < -0.4 is 0 Å². The van der Waals surface area contributed by atoms with E-state index in [4.69, 9.17) is 4.42 Å². The quantitative estimate of drug-likeness (QED) is 0.624. The van der Waals surface area contributed by atoms with Crippen molar-refractivity contribution in [2.75, 3.05) is 0 Å². The monoisotopic (exact) mass is 360 g/mol. The van der Waals surface area contributed by atoms with Crippen molar-refractivity contribution in [3.8, 4) is 0 Å². The topological polar surface area (TPSA) is 46.3 Å². The molecule has 2 aliphatic rings. The highest BCUT2D eigenvalue weighted by Gasteiger charge is 2.40. The Kier molecular flexibility index (Phi) is 4.29. The molecule has 0 N–H and O–H groups in total. The number of nitrogens with zero attached hydrogens (tertiary/aromatic N) is 2. The number of piperidine rings is 2. The first-order chi connectivity index (χ1) is 13.3. The summed E-state index contributed by atoms with van der Waals surface area (Å²) in [6.45, 7) is 1.00. The van der Waals surface area contributed by atoms with Crippen LogP contribution in [0.1, 0.15) is 48.0 Å². The number of carbonyl (C=O) groups excluding carboxylic acids is 1. The van der Waals surface area contributed by atoms with E-state index >= 15 is 0 Å². The van der Waals surface area contributed by atoms with Crippen LogP contribution in [0.3, 0.4) is 0 Å². The van der Waals surface area contributed by atoms with Crippen LogP contribution in [-0.2, 0) is 6.54 Å². The van der Waals surface area contributed by atoms with Crippen LogP contribution in [0.2, 0.25) is 0 Å². The lowest BCUT2D eigenvalue weighted by Crippen LogP contribution is -2.52. The largest absolute Gasteiger partial charge is 0.443 e. The van der Waals surface area contributed by atoms with Gasteiger partial charge in [0.15, 0.2) is 17.8 Å². The summed E-state index contributed by atoms with van der Waals surface area (Å²) in [5, 5.41) is 0. The molecule has 2 unspecified atom stereocenters. The third-order valence-electron chi connectivity index (χ3n) is 6.32. The molecular weight excluding hydrogens is 336 g/mol. The normalized spacial score (nSPS) is 25.6. The van der Waals surface area contributed by atoms with Crippen LogP contribution in [0.15, 0.2) is 59.3 Å². The van der Waals surface area contributed by atoms with Gasteiger partial charge in [0.05, 0.1) is 0 Å². The zero-order chi connectivity index (χ0) is 18.2. The Morgan fingerprint density at radius 3 is 2.63 bits per heavy atom. The number of hydrogen-bond acceptors (Lipinski definition) is 4. The highest BCUT2D eigenvalue weighted by molar-refractivity contribution is 6.00. The minimum atomic E-state index is 0.122. The summed E-state index contributed by atoms with van der Waals surface area (Å²) < 4.78 is 5.30. The number of rotatable bonds is 4. The first-order valence-electron chi connectivity index (χ1n) is 9.95. The fourth-order valence-corrected chi connectivity index (χ4v) is 4.99. The Labute approximate surface area is 159 Å². The zero-order valence-electron chi connectivity index (χ0n) is 15.4. The van der Waals surface area contributed by atoms with Crippen LogP contribution in [0, 0.1) is 5.92 Å². The van der Waals surface area contributed by atoms with E-state index in [0.717, 1.165) is 36.0 Å². The van der Waals surface area contributed by atoms with Crippen molar-refractivity contribution in [1.82, 2.24) is 9.88 Å². The van der Waals surface area contributed by atoms with Crippen molar-refractivity contribution in [2.45, 2.75) is 50.7 Å². The molecule has 1 aromatic heterocycles. The van der Waals surface area contributed by atoms with Crippen molar-refractivity contribution in [3.63, 3.8) is 0 Å². The van der Waals surface area contributed by atoms with Crippen LogP contribution in [-0.4, -0.2) is 27.8 Å². The van der Waals surface area contributed by atoms with Gasteiger partial charge in [-0.25, -0.2) is 4.98 Å². The van der Waals surface area contributed by atoms with Gasteiger partial charge in [-0.2, -0.15) is 0 Å². The van der Waals surface area contributed by atoms with E-state index in [9.17, 15) is 4.79 Å². The van der Waals surface area contributed by atoms with Crippen molar-refractivity contribution in [3.05, 3.63) is 66.1 Å². The van der Waals surface area contributed by atoms with Crippen LogP contribution in [0.4, 0.5) is 0 Å². The predicted octanol–water partition coefficient (Wildman–Crippen LogP) is 4.84. The highest BCUT2D eigenvalue weighted by atomic mass is 16.3. The highest BCUT2D eigenvalue weighted by Crippen LogP contribution is 2.39. The minimum Gasteiger partial charge on any atom is -0.443 e. The second kappa shape index (κ2) is 6.93. The third kappa shape index (κ3) is 3.19. The lowest BCUT2D eigenvalue weighted by molar-refractivity contribution is 0.00907. The molecule has 4 nitrogen and oxygen atoms in total.